The number of carbonyl (C=O) groups is 1. The Morgan fingerprint density at radius 1 is 1.37 bits per heavy atom. The van der Waals surface area contributed by atoms with Crippen LogP contribution < -0.4 is 14.8 Å². The minimum atomic E-state index is -0.215. The first-order chi connectivity index (χ1) is 9.21. The van der Waals surface area contributed by atoms with Crippen molar-refractivity contribution in [2.24, 2.45) is 0 Å². The normalized spacial score (nSPS) is 10.9. The van der Waals surface area contributed by atoms with Gasteiger partial charge in [-0.25, -0.2) is 0 Å². The summed E-state index contributed by atoms with van der Waals surface area (Å²) < 4.78 is 10.6. The molecule has 4 heteroatoms. The summed E-state index contributed by atoms with van der Waals surface area (Å²) in [6, 6.07) is 5.29. The molecule has 0 unspecified atom stereocenters. The molecule has 0 saturated heterocycles. The molecule has 0 saturated carbocycles. The molecular weight excluding hydrogens is 242 g/mol. The van der Waals surface area contributed by atoms with E-state index < -0.39 is 0 Å². The lowest BCUT2D eigenvalue weighted by Gasteiger charge is -2.11. The fourth-order valence-corrected chi connectivity index (χ4v) is 1.44. The van der Waals surface area contributed by atoms with Gasteiger partial charge < -0.3 is 14.8 Å². The highest BCUT2D eigenvalue weighted by Crippen LogP contribution is 2.29. The zero-order valence-corrected chi connectivity index (χ0v) is 11.5. The van der Waals surface area contributed by atoms with E-state index in [4.69, 9.17) is 9.47 Å². The average molecular weight is 261 g/mol. The van der Waals surface area contributed by atoms with E-state index in [1.54, 1.807) is 37.5 Å². The Morgan fingerprint density at radius 3 is 2.79 bits per heavy atom. The first kappa shape index (κ1) is 14.8. The molecule has 1 aromatic rings. The van der Waals surface area contributed by atoms with Gasteiger partial charge in [-0.05, 0) is 26.0 Å². The quantitative estimate of drug-likeness (QED) is 0.632. The van der Waals surface area contributed by atoms with Crippen LogP contribution >= 0.6 is 0 Å². The molecule has 4 nitrogen and oxygen atoms in total. The molecular formula is C15H19NO3. The second kappa shape index (κ2) is 7.97. The molecule has 1 amide bonds. The van der Waals surface area contributed by atoms with Gasteiger partial charge in [0.2, 0.25) is 5.91 Å². The number of nitrogens with one attached hydrogen (secondary N) is 1. The van der Waals surface area contributed by atoms with Gasteiger partial charge in [-0.2, -0.15) is 0 Å². The molecule has 1 aromatic carbocycles. The molecule has 19 heavy (non-hydrogen) atoms. The lowest BCUT2D eigenvalue weighted by atomic mass is 10.2. The highest BCUT2D eigenvalue weighted by atomic mass is 16.5. The van der Waals surface area contributed by atoms with E-state index in [9.17, 15) is 4.79 Å². The highest BCUT2D eigenvalue weighted by Gasteiger charge is 2.07. The zero-order valence-electron chi connectivity index (χ0n) is 11.5. The van der Waals surface area contributed by atoms with Crippen LogP contribution in [0.3, 0.4) is 0 Å². The maximum Gasteiger partial charge on any atom is 0.248 e. The Morgan fingerprint density at radius 2 is 2.16 bits per heavy atom. The van der Waals surface area contributed by atoms with Crippen LogP contribution in [-0.4, -0.2) is 19.6 Å². The molecule has 0 atom stereocenters. The molecule has 0 aliphatic carbocycles. The first-order valence-electron chi connectivity index (χ1n) is 6.12. The van der Waals surface area contributed by atoms with Crippen molar-refractivity contribution in [2.75, 3.05) is 19.0 Å². The molecule has 0 aliphatic rings. The highest BCUT2D eigenvalue weighted by molar-refractivity contribution is 6.00. The van der Waals surface area contributed by atoms with Crippen molar-refractivity contribution in [2.45, 2.75) is 13.8 Å². The van der Waals surface area contributed by atoms with E-state index in [1.165, 1.54) is 6.08 Å². The number of allylic oxidation sites excluding steroid dienone is 3. The van der Waals surface area contributed by atoms with E-state index in [0.29, 0.717) is 23.8 Å². The summed E-state index contributed by atoms with van der Waals surface area (Å²) in [6.07, 6.45) is 6.76. The minimum Gasteiger partial charge on any atom is -0.497 e. The van der Waals surface area contributed by atoms with Crippen LogP contribution in [0.5, 0.6) is 11.5 Å². The number of hydrogen-bond acceptors (Lipinski definition) is 3. The fourth-order valence-electron chi connectivity index (χ4n) is 1.44. The van der Waals surface area contributed by atoms with Crippen LogP contribution in [0, 0.1) is 0 Å². The van der Waals surface area contributed by atoms with Gasteiger partial charge in [-0.1, -0.05) is 18.2 Å². The van der Waals surface area contributed by atoms with Crippen LogP contribution in [-0.2, 0) is 4.79 Å². The van der Waals surface area contributed by atoms with Gasteiger partial charge in [-0.15, -0.1) is 0 Å². The molecule has 0 fully saturated rings. The number of amides is 1. The summed E-state index contributed by atoms with van der Waals surface area (Å²) in [6.45, 7) is 4.31. The van der Waals surface area contributed by atoms with Crippen molar-refractivity contribution in [3.63, 3.8) is 0 Å². The number of hydrogen-bond donors (Lipinski definition) is 1. The Balaban J connectivity index is 2.87. The number of anilines is 1. The molecule has 0 bridgehead atoms. The van der Waals surface area contributed by atoms with Crippen LogP contribution in [0.1, 0.15) is 13.8 Å². The predicted octanol–water partition coefficient (Wildman–Crippen LogP) is 3.16. The molecule has 1 rings (SSSR count). The number of ether oxygens (including phenoxy) is 2. The van der Waals surface area contributed by atoms with Gasteiger partial charge in [0, 0.05) is 12.1 Å². The third kappa shape index (κ3) is 4.87. The third-order valence-electron chi connectivity index (χ3n) is 2.30. The van der Waals surface area contributed by atoms with Crippen molar-refractivity contribution >= 4 is 11.6 Å². The smallest absolute Gasteiger partial charge is 0.248 e. The van der Waals surface area contributed by atoms with Gasteiger partial charge in [0.1, 0.15) is 11.5 Å². The Labute approximate surface area is 113 Å². The predicted molar refractivity (Wildman–Crippen MR) is 76.7 cm³/mol. The SMILES string of the molecule is CC=CC=CC(=O)Nc1cc(OC)ccc1OCC. The maximum atomic E-state index is 11.7. The van der Waals surface area contributed by atoms with E-state index in [-0.39, 0.29) is 5.91 Å². The minimum absolute atomic E-state index is 0.215. The molecule has 0 aromatic heterocycles. The van der Waals surface area contributed by atoms with Crippen LogP contribution in [0.15, 0.2) is 42.5 Å². The van der Waals surface area contributed by atoms with Gasteiger partial charge in [0.25, 0.3) is 0 Å². The largest absolute Gasteiger partial charge is 0.497 e. The monoisotopic (exact) mass is 261 g/mol. The summed E-state index contributed by atoms with van der Waals surface area (Å²) in [7, 11) is 1.58. The first-order valence-corrected chi connectivity index (χ1v) is 6.12. The Kier molecular flexibility index (Phi) is 6.22. The number of carbonyl (C=O) groups excluding carboxylic acids is 1. The Hall–Kier alpha value is -2.23. The lowest BCUT2D eigenvalue weighted by Crippen LogP contribution is -2.09. The molecule has 0 heterocycles. The second-order valence-electron chi connectivity index (χ2n) is 3.67. The van der Waals surface area contributed by atoms with E-state index in [0.717, 1.165) is 0 Å². The Bertz CT molecular complexity index is 478. The van der Waals surface area contributed by atoms with Gasteiger partial charge >= 0.3 is 0 Å². The maximum absolute atomic E-state index is 11.7. The number of methoxy groups -OCH3 is 1. The fraction of sp³-hybridized carbons (Fsp3) is 0.267. The van der Waals surface area contributed by atoms with Gasteiger partial charge in [-0.3, -0.25) is 4.79 Å². The van der Waals surface area contributed by atoms with Crippen molar-refractivity contribution in [1.29, 1.82) is 0 Å². The molecule has 0 radical (unpaired) electrons. The van der Waals surface area contributed by atoms with Crippen LogP contribution in [0.2, 0.25) is 0 Å². The van der Waals surface area contributed by atoms with E-state index in [1.807, 2.05) is 19.9 Å². The van der Waals surface area contributed by atoms with Gasteiger partial charge in [0.05, 0.1) is 19.4 Å². The van der Waals surface area contributed by atoms with Crippen molar-refractivity contribution < 1.29 is 14.3 Å². The molecule has 102 valence electrons. The third-order valence-corrected chi connectivity index (χ3v) is 2.30. The van der Waals surface area contributed by atoms with Crippen molar-refractivity contribution in [3.05, 3.63) is 42.5 Å². The van der Waals surface area contributed by atoms with Crippen LogP contribution in [0.4, 0.5) is 5.69 Å². The zero-order chi connectivity index (χ0) is 14.1. The standard InChI is InChI=1S/C15H19NO3/c1-4-6-7-8-15(17)16-13-11-12(18-3)9-10-14(13)19-5-2/h4,6-11H,5H2,1-3H3,(H,16,17). The van der Waals surface area contributed by atoms with Crippen LogP contribution in [0.25, 0.3) is 0 Å². The van der Waals surface area contributed by atoms with Gasteiger partial charge in [0.15, 0.2) is 0 Å². The molecule has 0 aliphatic heterocycles. The lowest BCUT2D eigenvalue weighted by molar-refractivity contribution is -0.111. The topological polar surface area (TPSA) is 47.6 Å². The average Bonchev–Trinajstić information content (AvgIpc) is 2.41. The number of benzene rings is 1. The molecule has 0 spiro atoms. The summed E-state index contributed by atoms with van der Waals surface area (Å²) in [5, 5.41) is 2.76. The van der Waals surface area contributed by atoms with E-state index in [2.05, 4.69) is 5.32 Å². The van der Waals surface area contributed by atoms with Crippen molar-refractivity contribution in [1.82, 2.24) is 0 Å². The summed E-state index contributed by atoms with van der Waals surface area (Å²) in [4.78, 5) is 11.7. The number of rotatable bonds is 6. The summed E-state index contributed by atoms with van der Waals surface area (Å²) in [5.74, 6) is 1.07. The summed E-state index contributed by atoms with van der Waals surface area (Å²) >= 11 is 0. The van der Waals surface area contributed by atoms with E-state index >= 15 is 0 Å². The van der Waals surface area contributed by atoms with Crippen molar-refractivity contribution in [3.8, 4) is 11.5 Å². The summed E-state index contributed by atoms with van der Waals surface area (Å²) in [5.41, 5.74) is 0.594. The second-order valence-corrected chi connectivity index (χ2v) is 3.67. The molecule has 1 N–H and O–H groups in total.